The molecule has 0 aliphatic heterocycles. The summed E-state index contributed by atoms with van der Waals surface area (Å²) in [6.07, 6.45) is 1.60. The molecule has 1 aromatic heterocycles. The van der Waals surface area contributed by atoms with E-state index in [1.54, 1.807) is 0 Å². The summed E-state index contributed by atoms with van der Waals surface area (Å²) in [6.45, 7) is 0. The molecule has 5 heteroatoms. The van der Waals surface area contributed by atoms with Gasteiger partial charge in [0.25, 0.3) is 0 Å². The van der Waals surface area contributed by atoms with Crippen molar-refractivity contribution in [3.8, 4) is 0 Å². The van der Waals surface area contributed by atoms with Crippen LogP contribution in [0.4, 0.5) is 0 Å². The average Bonchev–Trinajstić information content (AvgIpc) is 2.46. The van der Waals surface area contributed by atoms with Crippen LogP contribution in [-0.2, 0) is 12.8 Å². The Morgan fingerprint density at radius 1 is 1.31 bits per heavy atom. The summed E-state index contributed by atoms with van der Waals surface area (Å²) >= 11 is 18.0. The van der Waals surface area contributed by atoms with Gasteiger partial charge in [-0.25, -0.2) is 0 Å². The lowest BCUT2D eigenvalue weighted by Crippen LogP contribution is -2.03. The van der Waals surface area contributed by atoms with Gasteiger partial charge in [-0.15, -0.1) is 23.2 Å². The number of aromatic nitrogens is 1. The smallest absolute Gasteiger partial charge is 0.229 e. The minimum atomic E-state index is -0.559. The first kappa shape index (κ1) is 8.39. The van der Waals surface area contributed by atoms with E-state index < -0.39 is 4.33 Å². The van der Waals surface area contributed by atoms with Crippen LogP contribution in [0.1, 0.15) is 11.3 Å². The number of nitrogens with zero attached hydrogens (tertiary/aromatic N) is 1. The van der Waals surface area contributed by atoms with E-state index in [9.17, 15) is 0 Å². The van der Waals surface area contributed by atoms with Gasteiger partial charge in [-0.3, -0.25) is 0 Å². The molecule has 2 atom stereocenters. The molecule has 1 aromatic rings. The van der Waals surface area contributed by atoms with Crippen LogP contribution < -0.4 is 0 Å². The zero-order valence-corrected chi connectivity index (χ0v) is 8.83. The monoisotopic (exact) mass is 237 g/mol. The van der Waals surface area contributed by atoms with Crippen molar-refractivity contribution in [1.29, 1.82) is 0 Å². The van der Waals surface area contributed by atoms with Gasteiger partial charge < -0.3 is 4.52 Å². The van der Waals surface area contributed by atoms with E-state index in [1.165, 1.54) is 0 Å². The number of fused-ring (bicyclic) bond motifs is 2. The predicted octanol–water partition coefficient (Wildman–Crippen LogP) is 2.85. The Hall–Kier alpha value is 0.0800. The Balaban J connectivity index is 2.00. The quantitative estimate of drug-likeness (QED) is 0.650. The largest absolute Gasteiger partial charge is 0.344 e. The maximum atomic E-state index is 6.08. The Morgan fingerprint density at radius 2 is 2.00 bits per heavy atom. The molecule has 0 bridgehead atoms. The third-order valence-electron chi connectivity index (χ3n) is 3.02. The Kier molecular flexibility index (Phi) is 1.52. The highest BCUT2D eigenvalue weighted by atomic mass is 35.5. The van der Waals surface area contributed by atoms with Crippen LogP contribution in [0.5, 0.6) is 0 Å². The molecule has 1 saturated carbocycles. The van der Waals surface area contributed by atoms with Crippen molar-refractivity contribution in [2.75, 3.05) is 0 Å². The van der Waals surface area contributed by atoms with Crippen molar-refractivity contribution < 1.29 is 4.52 Å². The molecule has 0 unspecified atom stereocenters. The Bertz CT molecular complexity index is 373. The van der Waals surface area contributed by atoms with Crippen LogP contribution in [0, 0.1) is 11.8 Å². The van der Waals surface area contributed by atoms with Crippen molar-refractivity contribution in [2.24, 2.45) is 11.8 Å². The zero-order chi connectivity index (χ0) is 9.22. The zero-order valence-electron chi connectivity index (χ0n) is 6.56. The lowest BCUT2D eigenvalue weighted by atomic mass is 9.99. The fourth-order valence-corrected chi connectivity index (χ4v) is 3.13. The van der Waals surface area contributed by atoms with Crippen molar-refractivity contribution in [1.82, 2.24) is 5.16 Å². The van der Waals surface area contributed by atoms with Crippen LogP contribution >= 0.6 is 34.8 Å². The van der Waals surface area contributed by atoms with Gasteiger partial charge >= 0.3 is 0 Å². The molecule has 2 nitrogen and oxygen atoms in total. The van der Waals surface area contributed by atoms with E-state index in [1.807, 2.05) is 0 Å². The van der Waals surface area contributed by atoms with Crippen LogP contribution in [0.2, 0.25) is 5.22 Å². The molecular weight excluding hydrogens is 232 g/mol. The molecule has 0 spiro atoms. The van der Waals surface area contributed by atoms with Gasteiger partial charge in [-0.2, -0.15) is 0 Å². The second kappa shape index (κ2) is 2.36. The highest BCUT2D eigenvalue weighted by Crippen LogP contribution is 2.64. The van der Waals surface area contributed by atoms with Gasteiger partial charge in [-0.05, 0) is 24.4 Å². The van der Waals surface area contributed by atoms with Crippen LogP contribution in [0.25, 0.3) is 0 Å². The fraction of sp³-hybridized carbons (Fsp3) is 0.625. The molecule has 1 fully saturated rings. The number of rotatable bonds is 0. The number of halogens is 3. The first-order chi connectivity index (χ1) is 6.10. The van der Waals surface area contributed by atoms with Crippen molar-refractivity contribution in [2.45, 2.75) is 17.2 Å². The van der Waals surface area contributed by atoms with Gasteiger partial charge in [0.2, 0.25) is 5.22 Å². The van der Waals surface area contributed by atoms with Gasteiger partial charge in [-0.1, -0.05) is 5.16 Å². The fourth-order valence-electron chi connectivity index (χ4n) is 2.12. The predicted molar refractivity (Wildman–Crippen MR) is 50.3 cm³/mol. The van der Waals surface area contributed by atoms with Crippen molar-refractivity contribution in [3.63, 3.8) is 0 Å². The van der Waals surface area contributed by atoms with E-state index in [0.717, 1.165) is 24.1 Å². The highest BCUT2D eigenvalue weighted by molar-refractivity contribution is 6.51. The standard InChI is InChI=1S/C8H6Cl3NO/c9-7-3-1-4-5(8(4,10)11)2-6(3)12-13-7/h4-5H,1-2H2/t4-,5-/m0/s1. The second-order valence-electron chi connectivity index (χ2n) is 3.68. The molecule has 0 saturated heterocycles. The maximum Gasteiger partial charge on any atom is 0.229 e. The second-order valence-corrected chi connectivity index (χ2v) is 5.46. The molecule has 0 aromatic carbocycles. The molecule has 2 aliphatic carbocycles. The summed E-state index contributed by atoms with van der Waals surface area (Å²) < 4.78 is 4.33. The normalized spacial score (nSPS) is 33.8. The minimum Gasteiger partial charge on any atom is -0.344 e. The number of hydrogen-bond acceptors (Lipinski definition) is 2. The first-order valence-electron chi connectivity index (χ1n) is 4.11. The molecule has 0 radical (unpaired) electrons. The summed E-state index contributed by atoms with van der Waals surface area (Å²) in [5.41, 5.74) is 1.92. The van der Waals surface area contributed by atoms with Gasteiger partial charge in [0.05, 0.1) is 5.69 Å². The summed E-state index contributed by atoms with van der Waals surface area (Å²) in [7, 11) is 0. The van der Waals surface area contributed by atoms with Crippen molar-refractivity contribution in [3.05, 3.63) is 16.5 Å². The SMILES string of the molecule is Clc1onc2c1C[C@H]1[C@H](C2)C1(Cl)Cl. The lowest BCUT2D eigenvalue weighted by molar-refractivity contribution is 0.412. The Morgan fingerprint density at radius 3 is 2.77 bits per heavy atom. The topological polar surface area (TPSA) is 26.0 Å². The van der Waals surface area contributed by atoms with Crippen LogP contribution in [-0.4, -0.2) is 9.49 Å². The number of alkyl halides is 2. The minimum absolute atomic E-state index is 0.334. The Labute approximate surface area is 90.1 Å². The van der Waals surface area contributed by atoms with Crippen molar-refractivity contribution >= 4 is 34.8 Å². The third-order valence-corrected chi connectivity index (χ3v) is 4.44. The summed E-state index contributed by atoms with van der Waals surface area (Å²) in [6, 6.07) is 0. The van der Waals surface area contributed by atoms with Gasteiger partial charge in [0.15, 0.2) is 0 Å². The molecule has 0 N–H and O–H groups in total. The summed E-state index contributed by atoms with van der Waals surface area (Å²) in [5, 5.41) is 4.27. The van der Waals surface area contributed by atoms with E-state index in [2.05, 4.69) is 5.16 Å². The average molecular weight is 239 g/mol. The maximum absolute atomic E-state index is 6.08. The lowest BCUT2D eigenvalue weighted by Gasteiger charge is -2.04. The number of hydrogen-bond donors (Lipinski definition) is 0. The van der Waals surface area contributed by atoms with E-state index in [4.69, 9.17) is 39.3 Å². The molecule has 1 heterocycles. The van der Waals surface area contributed by atoms with Gasteiger partial charge in [0, 0.05) is 17.4 Å². The van der Waals surface area contributed by atoms with E-state index in [0.29, 0.717) is 17.1 Å². The molecule has 70 valence electrons. The molecule has 13 heavy (non-hydrogen) atoms. The van der Waals surface area contributed by atoms with Crippen LogP contribution in [0.3, 0.4) is 0 Å². The first-order valence-corrected chi connectivity index (χ1v) is 5.25. The summed E-state index contributed by atoms with van der Waals surface area (Å²) in [4.78, 5) is 0. The molecule has 2 aliphatic rings. The molecule has 0 amide bonds. The molecule has 3 rings (SSSR count). The third kappa shape index (κ3) is 0.997. The summed E-state index contributed by atoms with van der Waals surface area (Å²) in [5.74, 6) is 0.671. The van der Waals surface area contributed by atoms with E-state index in [-0.39, 0.29) is 0 Å². The van der Waals surface area contributed by atoms with Gasteiger partial charge in [0.1, 0.15) is 4.33 Å². The van der Waals surface area contributed by atoms with E-state index >= 15 is 0 Å². The van der Waals surface area contributed by atoms with Crippen LogP contribution in [0.15, 0.2) is 4.52 Å². The highest BCUT2D eigenvalue weighted by Gasteiger charge is 2.64. The molecular formula is C8H6Cl3NO.